The third-order valence-corrected chi connectivity index (χ3v) is 4.50. The number of carbonyl (C=O) groups is 1. The van der Waals surface area contributed by atoms with E-state index < -0.39 is 15.4 Å². The van der Waals surface area contributed by atoms with Gasteiger partial charge in [0.05, 0.1) is 11.3 Å². The average Bonchev–Trinajstić information content (AvgIpc) is 2.35. The first-order valence-corrected chi connectivity index (χ1v) is 8.60. The first-order valence-electron chi connectivity index (χ1n) is 6.53. The van der Waals surface area contributed by atoms with Gasteiger partial charge in [-0.25, -0.2) is 8.42 Å². The van der Waals surface area contributed by atoms with Crippen LogP contribution in [-0.4, -0.2) is 81.4 Å². The van der Waals surface area contributed by atoms with Gasteiger partial charge in [-0.2, -0.15) is 0 Å². The van der Waals surface area contributed by atoms with Gasteiger partial charge in [-0.15, -0.1) is 0 Å². The summed E-state index contributed by atoms with van der Waals surface area (Å²) in [5.41, 5.74) is -0.589. The van der Waals surface area contributed by atoms with Crippen LogP contribution in [0.4, 0.5) is 0 Å². The Morgan fingerprint density at radius 3 is 2.32 bits per heavy atom. The van der Waals surface area contributed by atoms with Crippen molar-refractivity contribution >= 4 is 15.7 Å². The highest BCUT2D eigenvalue weighted by Gasteiger charge is 2.37. The summed E-state index contributed by atoms with van der Waals surface area (Å²) in [5, 5.41) is 3.25. The summed E-state index contributed by atoms with van der Waals surface area (Å²) < 4.78 is 22.3. The first kappa shape index (κ1) is 16.4. The molecule has 0 bridgehead atoms. The Bertz CT molecular complexity index is 414. The van der Waals surface area contributed by atoms with Gasteiger partial charge in [0.25, 0.3) is 0 Å². The lowest BCUT2D eigenvalue weighted by molar-refractivity contribution is -0.141. The highest BCUT2D eigenvalue weighted by molar-refractivity contribution is 7.90. The molecule has 1 aliphatic rings. The molecule has 1 aliphatic heterocycles. The maximum atomic E-state index is 12.4. The zero-order chi connectivity index (χ0) is 14.7. The van der Waals surface area contributed by atoms with E-state index >= 15 is 0 Å². The Labute approximate surface area is 116 Å². The summed E-state index contributed by atoms with van der Waals surface area (Å²) >= 11 is 0. The molecule has 1 fully saturated rings. The summed E-state index contributed by atoms with van der Waals surface area (Å²) in [6.07, 6.45) is 1.19. The van der Waals surface area contributed by atoms with Gasteiger partial charge in [0.15, 0.2) is 0 Å². The normalized spacial score (nSPS) is 18.3. The third-order valence-electron chi connectivity index (χ3n) is 3.58. The number of nitrogens with zero attached hydrogens (tertiary/aromatic N) is 2. The Balaban J connectivity index is 2.63. The van der Waals surface area contributed by atoms with E-state index in [1.165, 1.54) is 11.2 Å². The Morgan fingerprint density at radius 2 is 1.84 bits per heavy atom. The second-order valence-corrected chi connectivity index (χ2v) is 7.91. The molecule has 112 valence electrons. The number of hydrogen-bond donors (Lipinski definition) is 1. The van der Waals surface area contributed by atoms with Crippen LogP contribution < -0.4 is 5.32 Å². The standard InChI is InChI=1S/C12H25N3O3S/c1-12(2,15-7-5-13-6-8-15)11(16)14(3)9-10-19(4,17)18/h13H,5-10H2,1-4H3. The van der Waals surface area contributed by atoms with Gasteiger partial charge >= 0.3 is 0 Å². The quantitative estimate of drug-likeness (QED) is 0.716. The monoisotopic (exact) mass is 291 g/mol. The molecule has 1 N–H and O–H groups in total. The van der Waals surface area contributed by atoms with Crippen molar-refractivity contribution in [1.82, 2.24) is 15.1 Å². The molecule has 19 heavy (non-hydrogen) atoms. The summed E-state index contributed by atoms with van der Waals surface area (Å²) in [6, 6.07) is 0. The van der Waals surface area contributed by atoms with Crippen LogP contribution >= 0.6 is 0 Å². The number of amides is 1. The van der Waals surface area contributed by atoms with Crippen molar-refractivity contribution in [2.75, 3.05) is 51.8 Å². The molecule has 0 aromatic carbocycles. The molecule has 0 aliphatic carbocycles. The fourth-order valence-corrected chi connectivity index (χ4v) is 2.84. The Hall–Kier alpha value is -0.660. The van der Waals surface area contributed by atoms with E-state index in [4.69, 9.17) is 0 Å². The third kappa shape index (κ3) is 4.74. The van der Waals surface area contributed by atoms with Gasteiger partial charge in [-0.1, -0.05) is 0 Å². The summed E-state index contributed by atoms with van der Waals surface area (Å²) in [6.45, 7) is 7.47. The SMILES string of the molecule is CN(CCS(C)(=O)=O)C(=O)C(C)(C)N1CCNCC1. The van der Waals surface area contributed by atoms with Gasteiger partial charge in [0, 0.05) is 46.0 Å². The van der Waals surface area contributed by atoms with E-state index in [0.717, 1.165) is 26.2 Å². The van der Waals surface area contributed by atoms with Gasteiger partial charge in [0.2, 0.25) is 5.91 Å². The topological polar surface area (TPSA) is 69.7 Å². The molecule has 1 rings (SSSR count). The van der Waals surface area contributed by atoms with E-state index in [0.29, 0.717) is 0 Å². The van der Waals surface area contributed by atoms with E-state index in [2.05, 4.69) is 10.2 Å². The maximum absolute atomic E-state index is 12.4. The molecule has 0 radical (unpaired) electrons. The minimum absolute atomic E-state index is 0.00682. The van der Waals surface area contributed by atoms with Crippen LogP contribution in [-0.2, 0) is 14.6 Å². The number of carbonyl (C=O) groups excluding carboxylic acids is 1. The fourth-order valence-electron chi connectivity index (χ4n) is 2.23. The van der Waals surface area contributed by atoms with Crippen LogP contribution in [0.5, 0.6) is 0 Å². The first-order chi connectivity index (χ1) is 8.64. The molecular formula is C12H25N3O3S. The van der Waals surface area contributed by atoms with Crippen molar-refractivity contribution in [1.29, 1.82) is 0 Å². The number of sulfone groups is 1. The van der Waals surface area contributed by atoms with Crippen molar-refractivity contribution < 1.29 is 13.2 Å². The summed E-state index contributed by atoms with van der Waals surface area (Å²) in [7, 11) is -1.38. The van der Waals surface area contributed by atoms with E-state index in [9.17, 15) is 13.2 Å². The van der Waals surface area contributed by atoms with Gasteiger partial charge in [-0.3, -0.25) is 9.69 Å². The minimum Gasteiger partial charge on any atom is -0.343 e. The second kappa shape index (κ2) is 6.19. The summed E-state index contributed by atoms with van der Waals surface area (Å²) in [5.74, 6) is -0.0228. The molecule has 0 aromatic heterocycles. The van der Waals surface area contributed by atoms with Crippen molar-refractivity contribution in [3.8, 4) is 0 Å². The molecular weight excluding hydrogens is 266 g/mol. The molecule has 0 saturated carbocycles. The zero-order valence-electron chi connectivity index (χ0n) is 12.3. The number of nitrogens with one attached hydrogen (secondary N) is 1. The van der Waals surface area contributed by atoms with Crippen molar-refractivity contribution in [2.45, 2.75) is 19.4 Å². The minimum atomic E-state index is -3.04. The number of piperazine rings is 1. The highest BCUT2D eigenvalue weighted by atomic mass is 32.2. The zero-order valence-corrected chi connectivity index (χ0v) is 13.1. The smallest absolute Gasteiger partial charge is 0.242 e. The molecule has 1 heterocycles. The highest BCUT2D eigenvalue weighted by Crippen LogP contribution is 2.17. The second-order valence-electron chi connectivity index (χ2n) is 5.65. The Kier molecular flexibility index (Phi) is 5.34. The molecule has 1 saturated heterocycles. The van der Waals surface area contributed by atoms with Crippen molar-refractivity contribution in [3.63, 3.8) is 0 Å². The van der Waals surface area contributed by atoms with E-state index in [-0.39, 0.29) is 18.2 Å². The predicted molar refractivity (Wildman–Crippen MR) is 75.9 cm³/mol. The molecule has 0 aromatic rings. The predicted octanol–water partition coefficient (Wildman–Crippen LogP) is -0.827. The van der Waals surface area contributed by atoms with Crippen molar-refractivity contribution in [3.05, 3.63) is 0 Å². The summed E-state index contributed by atoms with van der Waals surface area (Å²) in [4.78, 5) is 16.1. The van der Waals surface area contributed by atoms with Crippen LogP contribution in [0.2, 0.25) is 0 Å². The van der Waals surface area contributed by atoms with Crippen molar-refractivity contribution in [2.24, 2.45) is 0 Å². The lowest BCUT2D eigenvalue weighted by Crippen LogP contribution is -2.60. The fraction of sp³-hybridized carbons (Fsp3) is 0.917. The van der Waals surface area contributed by atoms with Crippen LogP contribution in [0.3, 0.4) is 0 Å². The molecule has 7 heteroatoms. The molecule has 1 amide bonds. The molecule has 0 atom stereocenters. The average molecular weight is 291 g/mol. The van der Waals surface area contributed by atoms with Gasteiger partial charge < -0.3 is 10.2 Å². The molecule has 6 nitrogen and oxygen atoms in total. The maximum Gasteiger partial charge on any atom is 0.242 e. The largest absolute Gasteiger partial charge is 0.343 e. The van der Waals surface area contributed by atoms with Crippen LogP contribution in [0.15, 0.2) is 0 Å². The van der Waals surface area contributed by atoms with Gasteiger partial charge in [0.1, 0.15) is 9.84 Å². The van der Waals surface area contributed by atoms with Gasteiger partial charge in [-0.05, 0) is 13.8 Å². The molecule has 0 unspecified atom stereocenters. The molecule has 0 spiro atoms. The lowest BCUT2D eigenvalue weighted by Gasteiger charge is -2.41. The number of hydrogen-bond acceptors (Lipinski definition) is 5. The van der Waals surface area contributed by atoms with Crippen LogP contribution in [0, 0.1) is 0 Å². The van der Waals surface area contributed by atoms with E-state index in [1.807, 2.05) is 13.8 Å². The lowest BCUT2D eigenvalue weighted by atomic mass is 10.00. The van der Waals surface area contributed by atoms with Crippen LogP contribution in [0.1, 0.15) is 13.8 Å². The number of likely N-dealkylation sites (N-methyl/N-ethyl adjacent to an activating group) is 1. The van der Waals surface area contributed by atoms with E-state index in [1.54, 1.807) is 7.05 Å². The van der Waals surface area contributed by atoms with Crippen LogP contribution in [0.25, 0.3) is 0 Å². The Morgan fingerprint density at radius 1 is 1.32 bits per heavy atom. The number of rotatable bonds is 5.